The van der Waals surface area contributed by atoms with Crippen LogP contribution in [0.4, 0.5) is 0 Å². The van der Waals surface area contributed by atoms with Gasteiger partial charge >= 0.3 is 5.97 Å². The Balaban J connectivity index is 2.02. The van der Waals surface area contributed by atoms with Crippen molar-refractivity contribution < 1.29 is 9.90 Å². The van der Waals surface area contributed by atoms with Gasteiger partial charge in [-0.1, -0.05) is 30.3 Å². The number of nitrogens with zero attached hydrogens (tertiary/aromatic N) is 2. The van der Waals surface area contributed by atoms with Crippen LogP contribution in [-0.2, 0) is 0 Å². The molecule has 2 N–H and O–H groups in total. The summed E-state index contributed by atoms with van der Waals surface area (Å²) in [5.41, 5.74) is 2.59. The lowest BCUT2D eigenvalue weighted by Crippen LogP contribution is -1.95. The van der Waals surface area contributed by atoms with E-state index in [4.69, 9.17) is 5.11 Å². The van der Waals surface area contributed by atoms with E-state index in [0.717, 1.165) is 21.1 Å². The van der Waals surface area contributed by atoms with Crippen LogP contribution in [0, 0.1) is 6.92 Å². The molecule has 3 aromatic rings. The van der Waals surface area contributed by atoms with Crippen molar-refractivity contribution in [1.29, 1.82) is 0 Å². The molecule has 0 aliphatic rings. The van der Waals surface area contributed by atoms with Gasteiger partial charge in [0, 0.05) is 5.56 Å². The molecule has 1 aromatic carbocycles. The number of hydrogen-bond acceptors (Lipinski definition) is 4. The largest absolute Gasteiger partial charge is 0.476 e. The maximum Gasteiger partial charge on any atom is 0.356 e. The minimum Gasteiger partial charge on any atom is -0.476 e. The predicted octanol–water partition coefficient (Wildman–Crippen LogP) is 3.21. The lowest BCUT2D eigenvalue weighted by atomic mass is 10.2. The van der Waals surface area contributed by atoms with Crippen LogP contribution in [0.1, 0.15) is 16.2 Å². The molecule has 2 heterocycles. The fourth-order valence-electron chi connectivity index (χ4n) is 1.90. The molecule has 0 saturated heterocycles. The summed E-state index contributed by atoms with van der Waals surface area (Å²) >= 11 is 1.52. The lowest BCUT2D eigenvalue weighted by Gasteiger charge is -1.93. The highest BCUT2D eigenvalue weighted by Crippen LogP contribution is 2.34. The third kappa shape index (κ3) is 2.21. The number of aryl methyl sites for hydroxylation is 1. The smallest absolute Gasteiger partial charge is 0.356 e. The number of hydrogen-bond donors (Lipinski definition) is 2. The third-order valence-electron chi connectivity index (χ3n) is 2.86. The third-order valence-corrected chi connectivity index (χ3v) is 4.10. The van der Waals surface area contributed by atoms with Crippen LogP contribution in [0.3, 0.4) is 0 Å². The fourth-order valence-corrected chi connectivity index (χ4v) is 2.94. The second-order valence-corrected chi connectivity index (χ2v) is 5.27. The zero-order valence-corrected chi connectivity index (χ0v) is 11.4. The highest BCUT2D eigenvalue weighted by molar-refractivity contribution is 7.18. The average molecular weight is 285 g/mol. The molecule has 20 heavy (non-hydrogen) atoms. The molecule has 0 radical (unpaired) electrons. The fraction of sp³-hybridized carbons (Fsp3) is 0.0714. The summed E-state index contributed by atoms with van der Waals surface area (Å²) in [5.74, 6) is -1.04. The van der Waals surface area contributed by atoms with E-state index >= 15 is 0 Å². The minimum absolute atomic E-state index is 0.00839. The van der Waals surface area contributed by atoms with Crippen LogP contribution < -0.4 is 0 Å². The summed E-state index contributed by atoms with van der Waals surface area (Å²) in [5, 5.41) is 16.3. The predicted molar refractivity (Wildman–Crippen MR) is 76.8 cm³/mol. The van der Waals surface area contributed by atoms with Gasteiger partial charge in [0.25, 0.3) is 0 Å². The van der Waals surface area contributed by atoms with E-state index in [1.165, 1.54) is 17.4 Å². The minimum atomic E-state index is -1.04. The first-order valence-electron chi connectivity index (χ1n) is 5.97. The van der Waals surface area contributed by atoms with Gasteiger partial charge in [-0.05, 0) is 13.0 Å². The van der Waals surface area contributed by atoms with Crippen molar-refractivity contribution in [3.8, 4) is 21.1 Å². The first-order chi connectivity index (χ1) is 9.65. The van der Waals surface area contributed by atoms with E-state index in [1.54, 1.807) is 0 Å². The van der Waals surface area contributed by atoms with Gasteiger partial charge < -0.3 is 5.11 Å². The molecule has 0 spiro atoms. The van der Waals surface area contributed by atoms with Gasteiger partial charge in [0.2, 0.25) is 0 Å². The summed E-state index contributed by atoms with van der Waals surface area (Å²) in [6.45, 7) is 1.90. The molecule has 0 bridgehead atoms. The van der Waals surface area contributed by atoms with Gasteiger partial charge in [0.15, 0.2) is 5.69 Å². The summed E-state index contributed by atoms with van der Waals surface area (Å²) < 4.78 is 0. The van der Waals surface area contributed by atoms with Gasteiger partial charge in [-0.15, -0.1) is 11.3 Å². The highest BCUT2D eigenvalue weighted by atomic mass is 32.1. The normalized spacial score (nSPS) is 10.7. The van der Waals surface area contributed by atoms with E-state index in [-0.39, 0.29) is 5.69 Å². The number of carboxylic acid groups (broad SMARTS) is 1. The van der Waals surface area contributed by atoms with Crippen molar-refractivity contribution in [2.45, 2.75) is 6.92 Å². The molecular weight excluding hydrogens is 274 g/mol. The van der Waals surface area contributed by atoms with Gasteiger partial charge in [-0.25, -0.2) is 9.78 Å². The summed E-state index contributed by atoms with van der Waals surface area (Å²) in [6.07, 6.45) is 0. The number of carbonyl (C=O) groups is 1. The van der Waals surface area contributed by atoms with Crippen LogP contribution in [0.25, 0.3) is 21.1 Å². The lowest BCUT2D eigenvalue weighted by molar-refractivity contribution is 0.0690. The first-order valence-corrected chi connectivity index (χ1v) is 6.78. The van der Waals surface area contributed by atoms with E-state index < -0.39 is 5.97 Å². The molecule has 2 aromatic heterocycles. The number of H-pyrrole nitrogens is 1. The molecule has 0 unspecified atom stereocenters. The van der Waals surface area contributed by atoms with Crippen molar-refractivity contribution >= 4 is 17.3 Å². The Kier molecular flexibility index (Phi) is 3.08. The van der Waals surface area contributed by atoms with Crippen molar-refractivity contribution in [2.24, 2.45) is 0 Å². The first kappa shape index (κ1) is 12.6. The quantitative estimate of drug-likeness (QED) is 0.774. The van der Waals surface area contributed by atoms with Crippen molar-refractivity contribution in [3.05, 3.63) is 47.8 Å². The van der Waals surface area contributed by atoms with E-state index in [0.29, 0.717) is 5.69 Å². The second kappa shape index (κ2) is 4.90. The highest BCUT2D eigenvalue weighted by Gasteiger charge is 2.15. The molecule has 0 saturated carbocycles. The molecule has 0 amide bonds. The Hall–Kier alpha value is -2.47. The van der Waals surface area contributed by atoms with E-state index in [1.807, 2.05) is 37.3 Å². The molecule has 0 aliphatic carbocycles. The van der Waals surface area contributed by atoms with Crippen molar-refractivity contribution in [3.63, 3.8) is 0 Å². The number of rotatable bonds is 3. The number of aromatic nitrogens is 3. The number of benzene rings is 1. The van der Waals surface area contributed by atoms with Gasteiger partial charge in [0.05, 0.1) is 16.3 Å². The van der Waals surface area contributed by atoms with Gasteiger partial charge in [-0.3, -0.25) is 5.10 Å². The zero-order chi connectivity index (χ0) is 14.1. The van der Waals surface area contributed by atoms with E-state index in [2.05, 4.69) is 15.2 Å². The number of aromatic amines is 1. The maximum absolute atomic E-state index is 10.9. The molecule has 3 rings (SSSR count). The van der Waals surface area contributed by atoms with E-state index in [9.17, 15) is 4.79 Å². The Morgan fingerprint density at radius 1 is 1.30 bits per heavy atom. The molecule has 5 nitrogen and oxygen atoms in total. The number of nitrogens with one attached hydrogen (secondary N) is 1. The molecule has 0 fully saturated rings. The van der Waals surface area contributed by atoms with Gasteiger partial charge in [-0.2, -0.15) is 5.10 Å². The van der Waals surface area contributed by atoms with Crippen molar-refractivity contribution in [1.82, 2.24) is 15.2 Å². The zero-order valence-electron chi connectivity index (χ0n) is 10.6. The molecule has 100 valence electrons. The molecule has 0 aliphatic heterocycles. The average Bonchev–Trinajstić information content (AvgIpc) is 3.06. The Morgan fingerprint density at radius 3 is 2.70 bits per heavy atom. The van der Waals surface area contributed by atoms with Crippen molar-refractivity contribution in [2.75, 3.05) is 0 Å². The number of thiazole rings is 1. The maximum atomic E-state index is 10.9. The SMILES string of the molecule is Cc1nc(-c2ccccc2)sc1-c1cc(C(=O)O)n[nH]1. The number of aromatic carboxylic acids is 1. The summed E-state index contributed by atoms with van der Waals surface area (Å²) in [6, 6.07) is 11.4. The number of carboxylic acids is 1. The monoisotopic (exact) mass is 285 g/mol. The topological polar surface area (TPSA) is 78.9 Å². The van der Waals surface area contributed by atoms with Crippen LogP contribution in [0.15, 0.2) is 36.4 Å². The Morgan fingerprint density at radius 2 is 2.05 bits per heavy atom. The second-order valence-electron chi connectivity index (χ2n) is 4.27. The summed E-state index contributed by atoms with van der Waals surface area (Å²) in [7, 11) is 0. The standard InChI is InChI=1S/C14H11N3O2S/c1-8-12(10-7-11(14(18)19)17-16-10)20-13(15-8)9-5-3-2-4-6-9/h2-7H,1H3,(H,16,17)(H,18,19). The van der Waals surface area contributed by atoms with Gasteiger partial charge in [0.1, 0.15) is 5.01 Å². The molecular formula is C14H11N3O2S. The Bertz CT molecular complexity index is 762. The van der Waals surface area contributed by atoms with Crippen LogP contribution >= 0.6 is 11.3 Å². The van der Waals surface area contributed by atoms with Crippen LogP contribution in [0.2, 0.25) is 0 Å². The summed E-state index contributed by atoms with van der Waals surface area (Å²) in [4.78, 5) is 16.3. The molecule has 0 atom stereocenters. The van der Waals surface area contributed by atoms with Crippen LogP contribution in [0.5, 0.6) is 0 Å². The van der Waals surface area contributed by atoms with Crippen LogP contribution in [-0.4, -0.2) is 26.3 Å². The Labute approximate surface area is 118 Å². The molecule has 6 heteroatoms.